The summed E-state index contributed by atoms with van der Waals surface area (Å²) in [7, 11) is 0. The van der Waals surface area contributed by atoms with Crippen molar-refractivity contribution in [1.82, 2.24) is 9.13 Å². The van der Waals surface area contributed by atoms with E-state index < -0.39 is 22.0 Å². The van der Waals surface area contributed by atoms with Crippen molar-refractivity contribution in [2.45, 2.75) is 39.3 Å². The van der Waals surface area contributed by atoms with Crippen LogP contribution in [0.1, 0.15) is 30.9 Å². The summed E-state index contributed by atoms with van der Waals surface area (Å²) >= 11 is 0. The largest absolute Gasteiger partial charge is 0.371 e. The fraction of sp³-hybridized carbons (Fsp3) is 0.304. The van der Waals surface area contributed by atoms with Gasteiger partial charge in [-0.15, -0.1) is 0 Å². The highest BCUT2D eigenvalue weighted by Crippen LogP contribution is 2.13. The van der Waals surface area contributed by atoms with E-state index in [2.05, 4.69) is 5.32 Å². The van der Waals surface area contributed by atoms with E-state index >= 15 is 0 Å². The predicted molar refractivity (Wildman–Crippen MR) is 121 cm³/mol. The lowest BCUT2D eigenvalue weighted by atomic mass is 10.1. The first-order valence-electron chi connectivity index (χ1n) is 10.5. The second-order valence-electron chi connectivity index (χ2n) is 7.43. The van der Waals surface area contributed by atoms with Crippen molar-refractivity contribution in [3.63, 3.8) is 0 Å². The number of nitro groups is 1. The number of aromatic nitrogens is 2. The van der Waals surface area contributed by atoms with Gasteiger partial charge in [0.25, 0.3) is 11.2 Å². The summed E-state index contributed by atoms with van der Waals surface area (Å²) in [5.74, 6) is -0.0654. The van der Waals surface area contributed by atoms with Crippen LogP contribution in [0.25, 0.3) is 0 Å². The summed E-state index contributed by atoms with van der Waals surface area (Å²) in [6.07, 6.45) is 2.16. The number of non-ortho nitro benzene ring substituents is 1. The van der Waals surface area contributed by atoms with Crippen molar-refractivity contribution in [2.24, 2.45) is 0 Å². The number of hydrogen-bond donors (Lipinski definition) is 1. The average Bonchev–Trinajstić information content (AvgIpc) is 2.78. The van der Waals surface area contributed by atoms with Crippen LogP contribution >= 0.6 is 0 Å². The molecule has 2 aromatic carbocycles. The van der Waals surface area contributed by atoms with Gasteiger partial charge < -0.3 is 5.32 Å². The molecule has 32 heavy (non-hydrogen) atoms. The highest BCUT2D eigenvalue weighted by atomic mass is 19.1. The Hall–Kier alpha value is -3.75. The molecule has 8 nitrogen and oxygen atoms in total. The van der Waals surface area contributed by atoms with E-state index in [1.165, 1.54) is 28.8 Å². The molecule has 0 atom stereocenters. The lowest BCUT2D eigenvalue weighted by Crippen LogP contribution is -2.41. The molecule has 0 unspecified atom stereocenters. The number of halogens is 1. The van der Waals surface area contributed by atoms with Gasteiger partial charge in [0.2, 0.25) is 0 Å². The molecule has 3 rings (SSSR count). The molecule has 0 aliphatic carbocycles. The van der Waals surface area contributed by atoms with Gasteiger partial charge in [-0.25, -0.2) is 9.18 Å². The minimum atomic E-state index is -0.510. The van der Waals surface area contributed by atoms with Crippen molar-refractivity contribution in [3.05, 3.63) is 102 Å². The highest BCUT2D eigenvalue weighted by Gasteiger charge is 2.13. The molecule has 9 heteroatoms. The second-order valence-corrected chi connectivity index (χ2v) is 7.43. The zero-order valence-electron chi connectivity index (χ0n) is 17.8. The van der Waals surface area contributed by atoms with E-state index in [0.29, 0.717) is 25.3 Å². The number of anilines is 1. The van der Waals surface area contributed by atoms with Gasteiger partial charge in [-0.1, -0.05) is 43.7 Å². The summed E-state index contributed by atoms with van der Waals surface area (Å²) in [5.41, 5.74) is 0.176. The summed E-state index contributed by atoms with van der Waals surface area (Å²) in [6.45, 7) is 2.72. The molecule has 0 saturated carbocycles. The maximum atomic E-state index is 14.0. The normalized spacial score (nSPS) is 10.8. The molecule has 168 valence electrons. The first-order chi connectivity index (χ1) is 15.4. The molecule has 3 aromatic rings. The number of benzene rings is 2. The second kappa shape index (κ2) is 10.5. The van der Waals surface area contributed by atoms with Gasteiger partial charge in [0.15, 0.2) is 0 Å². The number of rotatable bonds is 10. The third kappa shape index (κ3) is 5.48. The van der Waals surface area contributed by atoms with Gasteiger partial charge in [0, 0.05) is 36.9 Å². The Morgan fingerprint density at radius 2 is 1.78 bits per heavy atom. The predicted octanol–water partition coefficient (Wildman–Crippen LogP) is 3.56. The Kier molecular flexibility index (Phi) is 7.54. The fourth-order valence-corrected chi connectivity index (χ4v) is 3.36. The Bertz CT molecular complexity index is 1200. The number of nitrogens with one attached hydrogen (secondary N) is 1. The van der Waals surface area contributed by atoms with Crippen LogP contribution in [0.2, 0.25) is 0 Å². The smallest absolute Gasteiger partial charge is 0.332 e. The Morgan fingerprint density at radius 3 is 2.44 bits per heavy atom. The molecule has 1 N–H and O–H groups in total. The molecule has 0 aliphatic heterocycles. The molecule has 0 aliphatic rings. The van der Waals surface area contributed by atoms with Crippen molar-refractivity contribution in [3.8, 4) is 0 Å². The first-order valence-corrected chi connectivity index (χ1v) is 10.5. The molecule has 0 radical (unpaired) electrons. The van der Waals surface area contributed by atoms with Crippen LogP contribution in [0, 0.1) is 15.9 Å². The van der Waals surface area contributed by atoms with E-state index in [0.717, 1.165) is 23.0 Å². The third-order valence-electron chi connectivity index (χ3n) is 5.17. The van der Waals surface area contributed by atoms with Crippen LogP contribution in [0.4, 0.5) is 15.9 Å². The average molecular weight is 440 g/mol. The third-order valence-corrected chi connectivity index (χ3v) is 5.17. The van der Waals surface area contributed by atoms with Gasteiger partial charge in [-0.2, -0.15) is 0 Å². The van der Waals surface area contributed by atoms with E-state index in [-0.39, 0.29) is 17.8 Å². The zero-order valence-corrected chi connectivity index (χ0v) is 17.8. The quantitative estimate of drug-likeness (QED) is 0.384. The van der Waals surface area contributed by atoms with Crippen LogP contribution in [0.5, 0.6) is 0 Å². The standard InChI is InChI=1S/C23H25FN4O4/c1-2-3-14-26-21(25-13-12-17-8-10-19(11-9-17)28(31)32)15-22(29)27(23(26)30)16-18-6-4-5-7-20(18)24/h4-11,15,25H,2-3,12-14,16H2,1H3. The summed E-state index contributed by atoms with van der Waals surface area (Å²) in [6, 6.07) is 13.7. The van der Waals surface area contributed by atoms with Crippen LogP contribution in [-0.2, 0) is 19.5 Å². The van der Waals surface area contributed by atoms with Crippen LogP contribution in [0.15, 0.2) is 64.2 Å². The van der Waals surface area contributed by atoms with Crippen LogP contribution < -0.4 is 16.6 Å². The molecular formula is C23H25FN4O4. The van der Waals surface area contributed by atoms with Gasteiger partial charge in [0.1, 0.15) is 11.6 Å². The maximum absolute atomic E-state index is 14.0. The Morgan fingerprint density at radius 1 is 1.06 bits per heavy atom. The summed E-state index contributed by atoms with van der Waals surface area (Å²) < 4.78 is 16.6. The Labute approximate surface area is 184 Å². The van der Waals surface area contributed by atoms with E-state index in [1.807, 2.05) is 6.92 Å². The van der Waals surface area contributed by atoms with Crippen molar-refractivity contribution in [1.29, 1.82) is 0 Å². The lowest BCUT2D eigenvalue weighted by Gasteiger charge is -2.17. The molecular weight excluding hydrogens is 415 g/mol. The maximum Gasteiger partial charge on any atom is 0.332 e. The Balaban J connectivity index is 1.81. The molecule has 0 spiro atoms. The number of hydrogen-bond acceptors (Lipinski definition) is 5. The first kappa shape index (κ1) is 22.9. The van der Waals surface area contributed by atoms with Gasteiger partial charge >= 0.3 is 5.69 Å². The molecule has 0 saturated heterocycles. The van der Waals surface area contributed by atoms with Crippen LogP contribution in [0.3, 0.4) is 0 Å². The number of nitro benzene ring substituents is 1. The van der Waals surface area contributed by atoms with Gasteiger partial charge in [-0.3, -0.25) is 24.0 Å². The molecule has 1 aromatic heterocycles. The molecule has 0 fully saturated rings. The highest BCUT2D eigenvalue weighted by molar-refractivity contribution is 5.36. The van der Waals surface area contributed by atoms with E-state index in [9.17, 15) is 24.1 Å². The molecule has 0 amide bonds. The van der Waals surface area contributed by atoms with Crippen molar-refractivity contribution < 1.29 is 9.31 Å². The molecule has 0 bridgehead atoms. The SMILES string of the molecule is CCCCn1c(NCCc2ccc([N+](=O)[O-])cc2)cc(=O)n(Cc2ccccc2F)c1=O. The lowest BCUT2D eigenvalue weighted by molar-refractivity contribution is -0.384. The monoisotopic (exact) mass is 440 g/mol. The topological polar surface area (TPSA) is 99.2 Å². The minimum Gasteiger partial charge on any atom is -0.371 e. The number of unbranched alkanes of at least 4 members (excludes halogenated alkanes) is 1. The van der Waals surface area contributed by atoms with E-state index in [4.69, 9.17) is 0 Å². The van der Waals surface area contributed by atoms with Crippen molar-refractivity contribution >= 4 is 11.5 Å². The summed E-state index contributed by atoms with van der Waals surface area (Å²) in [4.78, 5) is 36.0. The minimum absolute atomic E-state index is 0.0218. The number of nitrogens with zero attached hydrogens (tertiary/aromatic N) is 3. The zero-order chi connectivity index (χ0) is 23.1. The van der Waals surface area contributed by atoms with Crippen molar-refractivity contribution in [2.75, 3.05) is 11.9 Å². The van der Waals surface area contributed by atoms with E-state index in [1.54, 1.807) is 30.3 Å². The van der Waals surface area contributed by atoms with Gasteiger partial charge in [0.05, 0.1) is 11.5 Å². The van der Waals surface area contributed by atoms with Gasteiger partial charge in [-0.05, 0) is 24.5 Å². The van der Waals surface area contributed by atoms with Crippen LogP contribution in [-0.4, -0.2) is 20.6 Å². The fourth-order valence-electron chi connectivity index (χ4n) is 3.36. The summed E-state index contributed by atoms with van der Waals surface area (Å²) in [5, 5.41) is 13.9. The molecule has 1 heterocycles.